The zero-order valence-electron chi connectivity index (χ0n) is 9.71. The van der Waals surface area contributed by atoms with Crippen LogP contribution in [-0.4, -0.2) is 39.6 Å². The van der Waals surface area contributed by atoms with E-state index in [0.29, 0.717) is 0 Å². The van der Waals surface area contributed by atoms with Crippen molar-refractivity contribution in [2.24, 2.45) is 0 Å². The van der Waals surface area contributed by atoms with Crippen molar-refractivity contribution in [1.82, 2.24) is 0 Å². The molecule has 0 spiro atoms. The van der Waals surface area contributed by atoms with Crippen LogP contribution in [0.3, 0.4) is 0 Å². The molecule has 0 saturated carbocycles. The van der Waals surface area contributed by atoms with E-state index in [0.717, 1.165) is 52.5 Å². The van der Waals surface area contributed by atoms with E-state index in [-0.39, 0.29) is 0 Å². The van der Waals surface area contributed by atoms with E-state index in [1.165, 1.54) is 25.7 Å². The zero-order chi connectivity index (χ0) is 10.6. The van der Waals surface area contributed by atoms with Gasteiger partial charge in [-0.2, -0.15) is 0 Å². The molecule has 1 fully saturated rings. The molecule has 0 radical (unpaired) electrons. The predicted octanol–water partition coefficient (Wildman–Crippen LogP) is 2.39. The van der Waals surface area contributed by atoms with Crippen molar-refractivity contribution in [3.63, 3.8) is 0 Å². The lowest BCUT2D eigenvalue weighted by Crippen LogP contribution is -2.06. The molecule has 90 valence electrons. The van der Waals surface area contributed by atoms with Gasteiger partial charge in [0.1, 0.15) is 0 Å². The molecule has 0 aromatic carbocycles. The lowest BCUT2D eigenvalue weighted by atomic mass is 10.2. The van der Waals surface area contributed by atoms with E-state index in [4.69, 9.17) is 14.2 Å². The highest BCUT2D eigenvalue weighted by molar-refractivity contribution is 4.45. The molecule has 0 N–H and O–H groups in total. The molecular formula is C12H24O3. The highest BCUT2D eigenvalue weighted by Gasteiger charge is 1.95. The molecule has 1 rings (SSSR count). The third-order valence-electron chi connectivity index (χ3n) is 2.53. The summed E-state index contributed by atoms with van der Waals surface area (Å²) in [5.74, 6) is 0. The van der Waals surface area contributed by atoms with E-state index in [1.54, 1.807) is 0 Å². The topological polar surface area (TPSA) is 27.7 Å². The van der Waals surface area contributed by atoms with Crippen molar-refractivity contribution < 1.29 is 14.2 Å². The standard InChI is InChI=1S/C12H24O3/c1-3-7-13-8-4-2-6-10-15-12-11-14-9-5-1/h1-12H2. The summed E-state index contributed by atoms with van der Waals surface area (Å²) < 4.78 is 16.4. The lowest BCUT2D eigenvalue weighted by molar-refractivity contribution is 0.0451. The van der Waals surface area contributed by atoms with Crippen molar-refractivity contribution >= 4 is 0 Å². The van der Waals surface area contributed by atoms with Gasteiger partial charge in [-0.3, -0.25) is 0 Å². The Kier molecular flexibility index (Phi) is 8.98. The molecule has 0 aromatic rings. The average molecular weight is 216 g/mol. The fourth-order valence-electron chi connectivity index (χ4n) is 1.59. The Morgan fingerprint density at radius 1 is 0.333 bits per heavy atom. The van der Waals surface area contributed by atoms with Crippen LogP contribution in [0.1, 0.15) is 38.5 Å². The monoisotopic (exact) mass is 216 g/mol. The van der Waals surface area contributed by atoms with Crippen molar-refractivity contribution in [3.8, 4) is 0 Å². The highest BCUT2D eigenvalue weighted by Crippen LogP contribution is 2.01. The van der Waals surface area contributed by atoms with E-state index in [9.17, 15) is 0 Å². The van der Waals surface area contributed by atoms with Crippen LogP contribution in [0.2, 0.25) is 0 Å². The van der Waals surface area contributed by atoms with Gasteiger partial charge in [0.05, 0.1) is 13.2 Å². The second kappa shape index (κ2) is 10.4. The Morgan fingerprint density at radius 3 is 1.07 bits per heavy atom. The predicted molar refractivity (Wildman–Crippen MR) is 60.2 cm³/mol. The molecule has 1 aliphatic heterocycles. The normalized spacial score (nSPS) is 24.0. The minimum absolute atomic E-state index is 0.747. The summed E-state index contributed by atoms with van der Waals surface area (Å²) >= 11 is 0. The lowest BCUT2D eigenvalue weighted by Gasteiger charge is -2.04. The van der Waals surface area contributed by atoms with Crippen LogP contribution in [0.5, 0.6) is 0 Å². The van der Waals surface area contributed by atoms with Crippen molar-refractivity contribution in [2.45, 2.75) is 38.5 Å². The highest BCUT2D eigenvalue weighted by atomic mass is 16.5. The molecule has 3 heteroatoms. The van der Waals surface area contributed by atoms with Crippen LogP contribution < -0.4 is 0 Å². The number of ether oxygens (including phenoxy) is 3. The Morgan fingerprint density at radius 2 is 0.667 bits per heavy atom. The van der Waals surface area contributed by atoms with Gasteiger partial charge in [0.2, 0.25) is 0 Å². The molecule has 1 heterocycles. The number of hydrogen-bond acceptors (Lipinski definition) is 3. The van der Waals surface area contributed by atoms with Gasteiger partial charge in [-0.05, 0) is 38.5 Å². The summed E-state index contributed by atoms with van der Waals surface area (Å²) in [6.45, 7) is 5.05. The Hall–Kier alpha value is -0.120. The molecule has 3 nitrogen and oxygen atoms in total. The average Bonchev–Trinajstić information content (AvgIpc) is 2.27. The summed E-state index contributed by atoms with van der Waals surface area (Å²) in [6.07, 6.45) is 7.04. The quantitative estimate of drug-likeness (QED) is 0.622. The van der Waals surface area contributed by atoms with Crippen LogP contribution in [0, 0.1) is 0 Å². The first kappa shape index (κ1) is 12.9. The van der Waals surface area contributed by atoms with Gasteiger partial charge in [0.25, 0.3) is 0 Å². The zero-order valence-corrected chi connectivity index (χ0v) is 9.71. The van der Waals surface area contributed by atoms with E-state index in [1.807, 2.05) is 0 Å². The van der Waals surface area contributed by atoms with E-state index >= 15 is 0 Å². The first-order chi connectivity index (χ1) is 7.50. The molecule has 15 heavy (non-hydrogen) atoms. The van der Waals surface area contributed by atoms with E-state index in [2.05, 4.69) is 0 Å². The SMILES string of the molecule is C1CCOCCCCCOCCOCC1. The number of rotatable bonds is 0. The van der Waals surface area contributed by atoms with Crippen molar-refractivity contribution in [2.75, 3.05) is 39.6 Å². The summed E-state index contributed by atoms with van der Waals surface area (Å²) in [5.41, 5.74) is 0. The van der Waals surface area contributed by atoms with Crippen LogP contribution >= 0.6 is 0 Å². The maximum atomic E-state index is 5.53. The molecule has 0 aromatic heterocycles. The fraction of sp³-hybridized carbons (Fsp3) is 1.00. The van der Waals surface area contributed by atoms with Gasteiger partial charge in [0, 0.05) is 26.4 Å². The van der Waals surface area contributed by atoms with E-state index < -0.39 is 0 Å². The Balaban J connectivity index is 2.01. The van der Waals surface area contributed by atoms with Gasteiger partial charge in [-0.1, -0.05) is 0 Å². The Bertz CT molecular complexity index is 69.4. The molecule has 0 bridgehead atoms. The Labute approximate surface area is 93.1 Å². The summed E-state index contributed by atoms with van der Waals surface area (Å²) in [5, 5.41) is 0. The second-order valence-corrected chi connectivity index (χ2v) is 3.96. The summed E-state index contributed by atoms with van der Waals surface area (Å²) in [4.78, 5) is 0. The third kappa shape index (κ3) is 8.85. The van der Waals surface area contributed by atoms with Gasteiger partial charge >= 0.3 is 0 Å². The van der Waals surface area contributed by atoms with Crippen LogP contribution in [0.25, 0.3) is 0 Å². The van der Waals surface area contributed by atoms with Gasteiger partial charge in [-0.25, -0.2) is 0 Å². The molecule has 0 amide bonds. The maximum absolute atomic E-state index is 5.53. The smallest absolute Gasteiger partial charge is 0.0700 e. The minimum Gasteiger partial charge on any atom is -0.381 e. The minimum atomic E-state index is 0.747. The first-order valence-electron chi connectivity index (χ1n) is 6.23. The van der Waals surface area contributed by atoms with Crippen LogP contribution in [-0.2, 0) is 14.2 Å². The molecular weight excluding hydrogens is 192 g/mol. The fourth-order valence-corrected chi connectivity index (χ4v) is 1.59. The third-order valence-corrected chi connectivity index (χ3v) is 2.53. The summed E-state index contributed by atoms with van der Waals surface area (Å²) in [6, 6.07) is 0. The maximum Gasteiger partial charge on any atom is 0.0700 e. The molecule has 0 atom stereocenters. The number of hydrogen-bond donors (Lipinski definition) is 0. The van der Waals surface area contributed by atoms with Gasteiger partial charge in [-0.15, -0.1) is 0 Å². The van der Waals surface area contributed by atoms with Gasteiger partial charge in [0.15, 0.2) is 0 Å². The molecule has 0 aliphatic carbocycles. The van der Waals surface area contributed by atoms with Crippen molar-refractivity contribution in [1.29, 1.82) is 0 Å². The molecule has 1 aliphatic rings. The molecule has 0 unspecified atom stereocenters. The largest absolute Gasteiger partial charge is 0.381 e. The van der Waals surface area contributed by atoms with Crippen molar-refractivity contribution in [3.05, 3.63) is 0 Å². The van der Waals surface area contributed by atoms with Crippen LogP contribution in [0.4, 0.5) is 0 Å². The first-order valence-corrected chi connectivity index (χ1v) is 6.23. The summed E-state index contributed by atoms with van der Waals surface area (Å²) in [7, 11) is 0. The van der Waals surface area contributed by atoms with Gasteiger partial charge < -0.3 is 14.2 Å². The second-order valence-electron chi connectivity index (χ2n) is 3.96. The molecule has 1 saturated heterocycles. The van der Waals surface area contributed by atoms with Crippen LogP contribution in [0.15, 0.2) is 0 Å².